The minimum absolute atomic E-state index is 0.293. The summed E-state index contributed by atoms with van der Waals surface area (Å²) >= 11 is 1.31. The summed E-state index contributed by atoms with van der Waals surface area (Å²) in [7, 11) is 0. The molecule has 2 rings (SSSR count). The van der Waals surface area contributed by atoms with Gasteiger partial charge < -0.3 is 5.11 Å². The zero-order valence-electron chi connectivity index (χ0n) is 9.62. The van der Waals surface area contributed by atoms with Gasteiger partial charge in [0.05, 0.1) is 0 Å². The molecule has 0 fully saturated rings. The van der Waals surface area contributed by atoms with Crippen LogP contribution in [0.4, 0.5) is 0 Å². The molecule has 1 N–H and O–H groups in total. The lowest BCUT2D eigenvalue weighted by Crippen LogP contribution is -2.15. The number of carboxylic acid groups (broad SMARTS) is 1. The van der Waals surface area contributed by atoms with Gasteiger partial charge in [-0.05, 0) is 41.7 Å². The number of rotatable bonds is 2. The Labute approximate surface area is 99.6 Å². The Kier molecular flexibility index (Phi) is 2.89. The number of aromatic carboxylic acids is 1. The van der Waals surface area contributed by atoms with E-state index in [2.05, 4.69) is 19.9 Å². The van der Waals surface area contributed by atoms with Crippen molar-refractivity contribution in [2.24, 2.45) is 5.41 Å². The van der Waals surface area contributed by atoms with Crippen molar-refractivity contribution in [1.82, 2.24) is 0 Å². The van der Waals surface area contributed by atoms with Crippen LogP contribution in [-0.4, -0.2) is 11.1 Å². The molecule has 1 heterocycles. The molecule has 0 aromatic carbocycles. The van der Waals surface area contributed by atoms with Gasteiger partial charge in [-0.1, -0.05) is 19.9 Å². The summed E-state index contributed by atoms with van der Waals surface area (Å²) in [5, 5.41) is 11.0. The van der Waals surface area contributed by atoms with Crippen LogP contribution < -0.4 is 0 Å². The van der Waals surface area contributed by atoms with E-state index in [0.717, 1.165) is 18.4 Å². The highest BCUT2D eigenvalue weighted by atomic mass is 32.1. The van der Waals surface area contributed by atoms with Gasteiger partial charge in [0, 0.05) is 5.56 Å². The molecule has 0 saturated heterocycles. The van der Waals surface area contributed by atoms with Crippen molar-refractivity contribution >= 4 is 22.9 Å². The van der Waals surface area contributed by atoms with Gasteiger partial charge in [0.25, 0.3) is 0 Å². The third-order valence-corrected chi connectivity index (χ3v) is 3.99. The van der Waals surface area contributed by atoms with Crippen molar-refractivity contribution in [2.75, 3.05) is 0 Å². The fourth-order valence-corrected chi connectivity index (χ4v) is 3.01. The SMILES string of the molecule is CC1(C)CCC=C(c2ccsc2C(=O)O)C1. The topological polar surface area (TPSA) is 37.3 Å². The van der Waals surface area contributed by atoms with E-state index in [0.29, 0.717) is 10.3 Å². The lowest BCUT2D eigenvalue weighted by molar-refractivity contribution is 0.0701. The molecule has 1 aliphatic rings. The lowest BCUT2D eigenvalue weighted by atomic mass is 9.76. The van der Waals surface area contributed by atoms with Gasteiger partial charge in [0.1, 0.15) is 4.88 Å². The number of hydrogen-bond donors (Lipinski definition) is 1. The predicted molar refractivity (Wildman–Crippen MR) is 66.9 cm³/mol. The van der Waals surface area contributed by atoms with Crippen molar-refractivity contribution in [1.29, 1.82) is 0 Å². The summed E-state index contributed by atoms with van der Waals surface area (Å²) in [4.78, 5) is 11.5. The standard InChI is InChI=1S/C13H16O2S/c1-13(2)6-3-4-9(8-13)10-5-7-16-11(10)12(14)15/h4-5,7H,3,6,8H2,1-2H3,(H,14,15). The molecule has 0 spiro atoms. The molecule has 1 aromatic rings. The van der Waals surface area contributed by atoms with Gasteiger partial charge in [0.15, 0.2) is 0 Å². The van der Waals surface area contributed by atoms with Crippen LogP contribution in [0.3, 0.4) is 0 Å². The Morgan fingerprint density at radius 3 is 2.88 bits per heavy atom. The maximum absolute atomic E-state index is 11.1. The maximum Gasteiger partial charge on any atom is 0.346 e. The maximum atomic E-state index is 11.1. The monoisotopic (exact) mass is 236 g/mol. The highest BCUT2D eigenvalue weighted by Crippen LogP contribution is 2.41. The minimum Gasteiger partial charge on any atom is -0.477 e. The first-order chi connectivity index (χ1) is 7.49. The van der Waals surface area contributed by atoms with Crippen LogP contribution in [0.15, 0.2) is 17.5 Å². The van der Waals surface area contributed by atoms with E-state index in [-0.39, 0.29) is 0 Å². The van der Waals surface area contributed by atoms with Crippen LogP contribution in [0.25, 0.3) is 5.57 Å². The zero-order chi connectivity index (χ0) is 11.8. The van der Waals surface area contributed by atoms with Crippen LogP contribution in [0.1, 0.15) is 48.3 Å². The second-order valence-corrected chi connectivity index (χ2v) is 5.99. The van der Waals surface area contributed by atoms with Gasteiger partial charge in [-0.3, -0.25) is 0 Å². The first-order valence-electron chi connectivity index (χ1n) is 5.50. The van der Waals surface area contributed by atoms with Crippen molar-refractivity contribution in [2.45, 2.75) is 33.1 Å². The molecule has 1 aliphatic carbocycles. The van der Waals surface area contributed by atoms with Crippen molar-refractivity contribution < 1.29 is 9.90 Å². The molecule has 1 aromatic heterocycles. The number of allylic oxidation sites excluding steroid dienone is 2. The molecule has 2 nitrogen and oxygen atoms in total. The van der Waals surface area contributed by atoms with E-state index in [1.54, 1.807) is 0 Å². The lowest BCUT2D eigenvalue weighted by Gasteiger charge is -2.29. The van der Waals surface area contributed by atoms with E-state index in [1.807, 2.05) is 11.4 Å². The molecule has 86 valence electrons. The van der Waals surface area contributed by atoms with E-state index in [4.69, 9.17) is 5.11 Å². The molecule has 0 unspecified atom stereocenters. The minimum atomic E-state index is -0.811. The molecular formula is C13H16O2S. The smallest absolute Gasteiger partial charge is 0.346 e. The van der Waals surface area contributed by atoms with Crippen LogP contribution in [0, 0.1) is 5.41 Å². The molecule has 3 heteroatoms. The third kappa shape index (κ3) is 2.19. The zero-order valence-corrected chi connectivity index (χ0v) is 10.4. The molecule has 0 bridgehead atoms. The van der Waals surface area contributed by atoms with Gasteiger partial charge in [-0.2, -0.15) is 0 Å². The van der Waals surface area contributed by atoms with Gasteiger partial charge in [0.2, 0.25) is 0 Å². The van der Waals surface area contributed by atoms with Crippen LogP contribution in [0.2, 0.25) is 0 Å². The first kappa shape index (κ1) is 11.4. The predicted octanol–water partition coefficient (Wildman–Crippen LogP) is 4.04. The molecule has 0 saturated carbocycles. The Morgan fingerprint density at radius 1 is 1.50 bits per heavy atom. The van der Waals surface area contributed by atoms with Crippen LogP contribution in [0.5, 0.6) is 0 Å². The van der Waals surface area contributed by atoms with E-state index in [1.165, 1.54) is 23.3 Å². The van der Waals surface area contributed by atoms with Crippen molar-refractivity contribution in [3.63, 3.8) is 0 Å². The quantitative estimate of drug-likeness (QED) is 0.841. The first-order valence-corrected chi connectivity index (χ1v) is 6.38. The number of carbonyl (C=O) groups is 1. The van der Waals surface area contributed by atoms with Gasteiger partial charge in [-0.25, -0.2) is 4.79 Å². The van der Waals surface area contributed by atoms with E-state index < -0.39 is 5.97 Å². The third-order valence-electron chi connectivity index (χ3n) is 3.09. The van der Waals surface area contributed by atoms with Gasteiger partial charge >= 0.3 is 5.97 Å². The molecular weight excluding hydrogens is 220 g/mol. The molecule has 0 aliphatic heterocycles. The molecule has 0 radical (unpaired) electrons. The Hall–Kier alpha value is -1.09. The molecule has 0 atom stereocenters. The second-order valence-electron chi connectivity index (χ2n) is 5.08. The van der Waals surface area contributed by atoms with Crippen LogP contribution >= 0.6 is 11.3 Å². The van der Waals surface area contributed by atoms with E-state index in [9.17, 15) is 4.79 Å². The number of hydrogen-bond acceptors (Lipinski definition) is 2. The molecule has 0 amide bonds. The largest absolute Gasteiger partial charge is 0.477 e. The van der Waals surface area contributed by atoms with Crippen molar-refractivity contribution in [3.05, 3.63) is 28.0 Å². The summed E-state index contributed by atoms with van der Waals surface area (Å²) in [5.41, 5.74) is 2.42. The van der Waals surface area contributed by atoms with Crippen LogP contribution in [-0.2, 0) is 0 Å². The fraction of sp³-hybridized carbons (Fsp3) is 0.462. The highest BCUT2D eigenvalue weighted by molar-refractivity contribution is 7.12. The Bertz CT molecular complexity index is 441. The highest BCUT2D eigenvalue weighted by Gasteiger charge is 2.25. The average Bonchev–Trinajstić information content (AvgIpc) is 2.64. The summed E-state index contributed by atoms with van der Waals surface area (Å²) in [6.45, 7) is 4.49. The number of carboxylic acids is 1. The number of thiophene rings is 1. The second kappa shape index (κ2) is 4.06. The van der Waals surface area contributed by atoms with E-state index >= 15 is 0 Å². The van der Waals surface area contributed by atoms with Crippen molar-refractivity contribution in [3.8, 4) is 0 Å². The summed E-state index contributed by atoms with van der Waals surface area (Å²) in [6.07, 6.45) is 5.41. The normalized spacial score (nSPS) is 19.2. The Balaban J connectivity index is 2.34. The Morgan fingerprint density at radius 2 is 2.25 bits per heavy atom. The average molecular weight is 236 g/mol. The summed E-state index contributed by atoms with van der Waals surface area (Å²) in [5.74, 6) is -0.811. The fourth-order valence-electron chi connectivity index (χ4n) is 2.25. The summed E-state index contributed by atoms with van der Waals surface area (Å²) in [6, 6.07) is 1.93. The molecule has 16 heavy (non-hydrogen) atoms. The summed E-state index contributed by atoms with van der Waals surface area (Å²) < 4.78 is 0. The van der Waals surface area contributed by atoms with Gasteiger partial charge in [-0.15, -0.1) is 11.3 Å².